The molecule has 2 amide bonds. The van der Waals surface area contributed by atoms with E-state index in [4.69, 9.17) is 4.74 Å². The van der Waals surface area contributed by atoms with Crippen LogP contribution in [0.4, 0.5) is 16.2 Å². The van der Waals surface area contributed by atoms with Crippen molar-refractivity contribution in [2.75, 3.05) is 29.9 Å². The van der Waals surface area contributed by atoms with Crippen molar-refractivity contribution in [1.82, 2.24) is 4.90 Å². The summed E-state index contributed by atoms with van der Waals surface area (Å²) >= 11 is 0. The highest BCUT2D eigenvalue weighted by Gasteiger charge is 2.37. The van der Waals surface area contributed by atoms with E-state index in [0.717, 1.165) is 37.5 Å². The Morgan fingerprint density at radius 3 is 2.52 bits per heavy atom. The van der Waals surface area contributed by atoms with Gasteiger partial charge in [0.05, 0.1) is 6.04 Å². The highest BCUT2D eigenvalue weighted by molar-refractivity contribution is 5.90. The van der Waals surface area contributed by atoms with Crippen molar-refractivity contribution in [2.45, 2.75) is 12.5 Å². The Kier molecular flexibility index (Phi) is 4.56. The SMILES string of the molecule is O=C(Nc1cccc(Oc2ccccc2)c1)N1CC(N2CCc3ccccc32)C1. The number of likely N-dealkylation sites (tertiary alicyclic amines) is 1. The molecule has 0 unspecified atom stereocenters. The zero-order valence-corrected chi connectivity index (χ0v) is 16.1. The maximum Gasteiger partial charge on any atom is 0.321 e. The van der Waals surface area contributed by atoms with Gasteiger partial charge in [0.1, 0.15) is 11.5 Å². The first kappa shape index (κ1) is 17.6. The van der Waals surface area contributed by atoms with E-state index in [2.05, 4.69) is 34.5 Å². The van der Waals surface area contributed by atoms with E-state index in [-0.39, 0.29) is 6.03 Å². The van der Waals surface area contributed by atoms with Crippen molar-refractivity contribution in [3.8, 4) is 11.5 Å². The lowest BCUT2D eigenvalue weighted by Crippen LogP contribution is -2.61. The van der Waals surface area contributed by atoms with Gasteiger partial charge in [-0.2, -0.15) is 0 Å². The average Bonchev–Trinajstić information content (AvgIpc) is 3.12. The summed E-state index contributed by atoms with van der Waals surface area (Å²) in [6.45, 7) is 2.54. The summed E-state index contributed by atoms with van der Waals surface area (Å²) in [5.74, 6) is 1.47. The number of amides is 2. The molecule has 1 saturated heterocycles. The molecule has 3 aromatic carbocycles. The standard InChI is InChI=1S/C24H23N3O2/c28-24(25-19-8-6-11-22(15-19)29-21-9-2-1-3-10-21)26-16-20(17-26)27-14-13-18-7-4-5-12-23(18)27/h1-12,15,20H,13-14,16-17H2,(H,25,28). The number of carbonyl (C=O) groups is 1. The van der Waals surface area contributed by atoms with Crippen molar-refractivity contribution >= 4 is 17.4 Å². The van der Waals surface area contributed by atoms with Gasteiger partial charge in [0.2, 0.25) is 0 Å². The number of fused-ring (bicyclic) bond motifs is 1. The molecule has 3 aromatic rings. The minimum atomic E-state index is -0.0643. The molecule has 2 heterocycles. The molecule has 0 bridgehead atoms. The first-order valence-corrected chi connectivity index (χ1v) is 10.00. The summed E-state index contributed by atoms with van der Waals surface area (Å²) in [6.07, 6.45) is 1.09. The molecule has 29 heavy (non-hydrogen) atoms. The average molecular weight is 385 g/mol. The Labute approximate surface area is 170 Å². The minimum absolute atomic E-state index is 0.0643. The van der Waals surface area contributed by atoms with Crippen LogP contribution in [0, 0.1) is 0 Å². The van der Waals surface area contributed by atoms with Crippen molar-refractivity contribution in [1.29, 1.82) is 0 Å². The molecule has 5 nitrogen and oxygen atoms in total. The van der Waals surface area contributed by atoms with Crippen LogP contribution in [0.3, 0.4) is 0 Å². The molecule has 146 valence electrons. The van der Waals surface area contributed by atoms with E-state index in [1.165, 1.54) is 11.3 Å². The van der Waals surface area contributed by atoms with Crippen molar-refractivity contribution < 1.29 is 9.53 Å². The quantitative estimate of drug-likeness (QED) is 0.704. The van der Waals surface area contributed by atoms with Crippen molar-refractivity contribution in [3.63, 3.8) is 0 Å². The van der Waals surface area contributed by atoms with Gasteiger partial charge in [-0.15, -0.1) is 0 Å². The molecule has 1 N–H and O–H groups in total. The van der Waals surface area contributed by atoms with Crippen LogP contribution in [0.15, 0.2) is 78.9 Å². The van der Waals surface area contributed by atoms with Gasteiger partial charge in [-0.05, 0) is 42.3 Å². The largest absolute Gasteiger partial charge is 0.457 e. The summed E-state index contributed by atoms with van der Waals surface area (Å²) in [6, 6.07) is 26.0. The van der Waals surface area contributed by atoms with Crippen LogP contribution in [0.25, 0.3) is 0 Å². The molecular weight excluding hydrogens is 362 g/mol. The van der Waals surface area contributed by atoms with E-state index >= 15 is 0 Å². The Hall–Kier alpha value is -3.47. The van der Waals surface area contributed by atoms with Crippen LogP contribution in [0.1, 0.15) is 5.56 Å². The lowest BCUT2D eigenvalue weighted by molar-refractivity contribution is 0.162. The fraction of sp³-hybridized carbons (Fsp3) is 0.208. The molecule has 0 radical (unpaired) electrons. The maximum atomic E-state index is 12.6. The van der Waals surface area contributed by atoms with E-state index in [1.54, 1.807) is 0 Å². The first-order chi connectivity index (χ1) is 14.3. The van der Waals surface area contributed by atoms with Gasteiger partial charge in [0.15, 0.2) is 0 Å². The number of urea groups is 1. The molecular formula is C24H23N3O2. The number of rotatable bonds is 4. The summed E-state index contributed by atoms with van der Waals surface area (Å²) in [4.78, 5) is 16.9. The molecule has 0 atom stereocenters. The third-order valence-electron chi connectivity index (χ3n) is 5.58. The zero-order chi connectivity index (χ0) is 19.6. The normalized spacial score (nSPS) is 15.6. The fourth-order valence-electron chi connectivity index (χ4n) is 4.03. The van der Waals surface area contributed by atoms with Gasteiger partial charge in [-0.25, -0.2) is 4.79 Å². The summed E-state index contributed by atoms with van der Waals surface area (Å²) in [5.41, 5.74) is 3.47. The number of hydrogen-bond donors (Lipinski definition) is 1. The topological polar surface area (TPSA) is 44.8 Å². The second-order valence-electron chi connectivity index (χ2n) is 7.50. The van der Waals surface area contributed by atoms with Crippen LogP contribution in [-0.2, 0) is 6.42 Å². The molecule has 0 saturated carbocycles. The van der Waals surface area contributed by atoms with Crippen LogP contribution in [0.5, 0.6) is 11.5 Å². The number of nitrogens with zero attached hydrogens (tertiary/aromatic N) is 2. The van der Waals surface area contributed by atoms with Gasteiger partial charge < -0.3 is 19.9 Å². The van der Waals surface area contributed by atoms with Gasteiger partial charge in [0, 0.05) is 37.1 Å². The second-order valence-corrected chi connectivity index (χ2v) is 7.50. The monoisotopic (exact) mass is 385 g/mol. The third-order valence-corrected chi connectivity index (χ3v) is 5.58. The minimum Gasteiger partial charge on any atom is -0.457 e. The number of benzene rings is 3. The van der Waals surface area contributed by atoms with E-state index < -0.39 is 0 Å². The van der Waals surface area contributed by atoms with Crippen LogP contribution in [-0.4, -0.2) is 36.6 Å². The molecule has 5 heteroatoms. The Morgan fingerprint density at radius 2 is 1.66 bits per heavy atom. The zero-order valence-electron chi connectivity index (χ0n) is 16.1. The highest BCUT2D eigenvalue weighted by atomic mass is 16.5. The van der Waals surface area contributed by atoms with E-state index in [0.29, 0.717) is 11.8 Å². The summed E-state index contributed by atoms with van der Waals surface area (Å²) in [7, 11) is 0. The smallest absolute Gasteiger partial charge is 0.321 e. The lowest BCUT2D eigenvalue weighted by atomic mass is 10.1. The molecule has 0 aliphatic carbocycles. The molecule has 2 aliphatic heterocycles. The summed E-state index contributed by atoms with van der Waals surface area (Å²) < 4.78 is 5.85. The van der Waals surface area contributed by atoms with Crippen molar-refractivity contribution in [2.24, 2.45) is 0 Å². The molecule has 0 aromatic heterocycles. The number of anilines is 2. The maximum absolute atomic E-state index is 12.6. The number of hydrogen-bond acceptors (Lipinski definition) is 3. The van der Waals surface area contributed by atoms with Crippen LogP contribution in [0.2, 0.25) is 0 Å². The van der Waals surface area contributed by atoms with Crippen molar-refractivity contribution in [3.05, 3.63) is 84.4 Å². The highest BCUT2D eigenvalue weighted by Crippen LogP contribution is 2.32. The number of para-hydroxylation sites is 2. The third kappa shape index (κ3) is 3.63. The van der Waals surface area contributed by atoms with E-state index in [9.17, 15) is 4.79 Å². The second kappa shape index (κ2) is 7.51. The Balaban J connectivity index is 1.18. The Morgan fingerprint density at radius 1 is 0.897 bits per heavy atom. The van der Waals surface area contributed by atoms with Gasteiger partial charge >= 0.3 is 6.03 Å². The van der Waals surface area contributed by atoms with Crippen LogP contribution >= 0.6 is 0 Å². The van der Waals surface area contributed by atoms with E-state index in [1.807, 2.05) is 59.5 Å². The Bertz CT molecular complexity index is 1020. The molecule has 2 aliphatic rings. The predicted octanol–water partition coefficient (Wildman–Crippen LogP) is 4.76. The van der Waals surface area contributed by atoms with Gasteiger partial charge in [-0.3, -0.25) is 0 Å². The number of nitrogens with one attached hydrogen (secondary N) is 1. The number of carbonyl (C=O) groups excluding carboxylic acids is 1. The number of ether oxygens (including phenoxy) is 1. The van der Waals surface area contributed by atoms with Gasteiger partial charge in [0.25, 0.3) is 0 Å². The molecule has 1 fully saturated rings. The molecule has 5 rings (SSSR count). The van der Waals surface area contributed by atoms with Gasteiger partial charge in [-0.1, -0.05) is 42.5 Å². The molecule has 0 spiro atoms. The predicted molar refractivity (Wildman–Crippen MR) is 115 cm³/mol. The first-order valence-electron chi connectivity index (χ1n) is 10.00. The summed E-state index contributed by atoms with van der Waals surface area (Å²) in [5, 5.41) is 2.99. The fourth-order valence-corrected chi connectivity index (χ4v) is 4.03. The lowest BCUT2D eigenvalue weighted by Gasteiger charge is -2.45. The van der Waals surface area contributed by atoms with Crippen LogP contribution < -0.4 is 15.0 Å².